The Kier molecular flexibility index (Phi) is 5.90. The third-order valence-corrected chi connectivity index (χ3v) is 3.57. The van der Waals surface area contributed by atoms with Crippen LogP contribution in [0.3, 0.4) is 0 Å². The van der Waals surface area contributed by atoms with Crippen LogP contribution in [0.4, 0.5) is 5.69 Å². The number of hydrogen-bond donors (Lipinski definition) is 1. The Labute approximate surface area is 118 Å². The molecule has 1 N–H and O–H groups in total. The minimum absolute atomic E-state index is 0.00117. The quantitative estimate of drug-likeness (QED) is 0.439. The van der Waals surface area contributed by atoms with Crippen molar-refractivity contribution in [3.8, 4) is 5.75 Å². The molecule has 0 aromatic heterocycles. The predicted molar refractivity (Wildman–Crippen MR) is 75.7 cm³/mol. The molecule has 112 valence electrons. The number of hydrogen-bond acceptors (Lipinski definition) is 6. The maximum atomic E-state index is 11.0. The number of benzene rings is 1. The van der Waals surface area contributed by atoms with E-state index in [0.29, 0.717) is 24.3 Å². The molecule has 0 bridgehead atoms. The van der Waals surface area contributed by atoms with Crippen molar-refractivity contribution in [2.45, 2.75) is 13.0 Å². The second-order valence-corrected chi connectivity index (χ2v) is 6.67. The number of non-ortho nitro benzene ring substituents is 1. The number of nitrogens with zero attached hydrogens (tertiary/aromatic N) is 1. The van der Waals surface area contributed by atoms with Crippen LogP contribution in [-0.4, -0.2) is 39.0 Å². The van der Waals surface area contributed by atoms with Crippen LogP contribution in [0.25, 0.3) is 0 Å². The Bertz CT molecular complexity index is 571. The van der Waals surface area contributed by atoms with E-state index in [1.54, 1.807) is 7.05 Å². The van der Waals surface area contributed by atoms with Crippen molar-refractivity contribution in [1.29, 1.82) is 0 Å². The molecular weight excluding hydrogens is 284 g/mol. The van der Waals surface area contributed by atoms with Crippen molar-refractivity contribution in [3.63, 3.8) is 0 Å². The first-order valence-corrected chi connectivity index (χ1v) is 8.12. The molecule has 0 heterocycles. The first kappa shape index (κ1) is 16.4. The van der Waals surface area contributed by atoms with Gasteiger partial charge in [0.1, 0.15) is 15.6 Å². The lowest BCUT2D eigenvalue weighted by atomic mass is 10.1. The molecule has 0 aliphatic carbocycles. The van der Waals surface area contributed by atoms with Crippen LogP contribution in [0.5, 0.6) is 5.75 Å². The molecule has 8 heteroatoms. The van der Waals surface area contributed by atoms with Crippen LogP contribution in [0, 0.1) is 10.1 Å². The summed E-state index contributed by atoms with van der Waals surface area (Å²) in [7, 11) is -1.27. The molecule has 1 aromatic rings. The van der Waals surface area contributed by atoms with Gasteiger partial charge in [-0.1, -0.05) is 0 Å². The molecule has 0 unspecified atom stereocenters. The third-order valence-electron chi connectivity index (χ3n) is 2.54. The number of nitro groups is 1. The van der Waals surface area contributed by atoms with Crippen LogP contribution in [0.1, 0.15) is 12.0 Å². The molecule has 0 saturated heterocycles. The highest BCUT2D eigenvalue weighted by molar-refractivity contribution is 7.90. The summed E-state index contributed by atoms with van der Waals surface area (Å²) in [6.45, 7) is 0.685. The first-order valence-electron chi connectivity index (χ1n) is 6.06. The van der Waals surface area contributed by atoms with Crippen LogP contribution in [-0.2, 0) is 16.4 Å². The van der Waals surface area contributed by atoms with E-state index in [-0.39, 0.29) is 18.0 Å². The monoisotopic (exact) mass is 302 g/mol. The average molecular weight is 302 g/mol. The summed E-state index contributed by atoms with van der Waals surface area (Å²) in [6, 6.07) is 4.35. The molecule has 0 amide bonds. The van der Waals surface area contributed by atoms with Gasteiger partial charge in [0.05, 0.1) is 17.3 Å². The van der Waals surface area contributed by atoms with Gasteiger partial charge in [-0.15, -0.1) is 0 Å². The lowest BCUT2D eigenvalue weighted by Crippen LogP contribution is -2.11. The Morgan fingerprint density at radius 1 is 1.40 bits per heavy atom. The average Bonchev–Trinajstić information content (AvgIpc) is 2.35. The van der Waals surface area contributed by atoms with E-state index in [9.17, 15) is 18.5 Å². The summed E-state index contributed by atoms with van der Waals surface area (Å²) in [6.07, 6.45) is 1.56. The van der Waals surface area contributed by atoms with Gasteiger partial charge in [-0.05, 0) is 19.5 Å². The molecule has 0 aliphatic rings. The number of nitrogens with one attached hydrogen (secondary N) is 1. The maximum absolute atomic E-state index is 11.0. The van der Waals surface area contributed by atoms with Crippen molar-refractivity contribution >= 4 is 15.5 Å². The third kappa shape index (κ3) is 5.54. The van der Waals surface area contributed by atoms with Crippen LogP contribution < -0.4 is 10.1 Å². The van der Waals surface area contributed by atoms with Crippen molar-refractivity contribution < 1.29 is 18.1 Å². The maximum Gasteiger partial charge on any atom is 0.270 e. The lowest BCUT2D eigenvalue weighted by molar-refractivity contribution is -0.384. The largest absolute Gasteiger partial charge is 0.493 e. The molecule has 0 fully saturated rings. The van der Waals surface area contributed by atoms with Gasteiger partial charge >= 0.3 is 0 Å². The highest BCUT2D eigenvalue weighted by atomic mass is 32.2. The van der Waals surface area contributed by atoms with E-state index < -0.39 is 14.8 Å². The Hall–Kier alpha value is -1.67. The molecule has 0 atom stereocenters. The van der Waals surface area contributed by atoms with Gasteiger partial charge in [0.15, 0.2) is 0 Å². The van der Waals surface area contributed by atoms with Crippen molar-refractivity contribution in [2.75, 3.05) is 25.7 Å². The molecule has 20 heavy (non-hydrogen) atoms. The van der Waals surface area contributed by atoms with Crippen molar-refractivity contribution in [3.05, 3.63) is 33.9 Å². The minimum atomic E-state index is -3.00. The summed E-state index contributed by atoms with van der Waals surface area (Å²) < 4.78 is 27.5. The highest BCUT2D eigenvalue weighted by Crippen LogP contribution is 2.24. The number of rotatable bonds is 8. The smallest absolute Gasteiger partial charge is 0.270 e. The fourth-order valence-electron chi connectivity index (χ4n) is 1.65. The number of sulfone groups is 1. The Balaban J connectivity index is 2.71. The van der Waals surface area contributed by atoms with E-state index >= 15 is 0 Å². The molecule has 1 aromatic carbocycles. The van der Waals surface area contributed by atoms with Crippen LogP contribution in [0.15, 0.2) is 18.2 Å². The zero-order chi connectivity index (χ0) is 15.2. The second kappa shape index (κ2) is 7.20. The highest BCUT2D eigenvalue weighted by Gasteiger charge is 2.11. The number of nitro benzene ring substituents is 1. The van der Waals surface area contributed by atoms with Gasteiger partial charge in [0.2, 0.25) is 0 Å². The molecule has 0 saturated carbocycles. The molecular formula is C12H18N2O5S. The topological polar surface area (TPSA) is 98.5 Å². The molecule has 0 aliphatic heterocycles. The van der Waals surface area contributed by atoms with Gasteiger partial charge in [-0.2, -0.15) is 0 Å². The number of ether oxygens (including phenoxy) is 1. The normalized spacial score (nSPS) is 11.3. The second-order valence-electron chi connectivity index (χ2n) is 4.41. The lowest BCUT2D eigenvalue weighted by Gasteiger charge is -2.11. The molecule has 7 nitrogen and oxygen atoms in total. The van der Waals surface area contributed by atoms with Crippen molar-refractivity contribution in [1.82, 2.24) is 5.32 Å². The predicted octanol–water partition coefficient (Wildman–Crippen LogP) is 1.13. The first-order chi connectivity index (χ1) is 9.33. The van der Waals surface area contributed by atoms with E-state index in [1.165, 1.54) is 24.5 Å². The zero-order valence-electron chi connectivity index (χ0n) is 11.5. The summed E-state index contributed by atoms with van der Waals surface area (Å²) >= 11 is 0. The van der Waals surface area contributed by atoms with Gasteiger partial charge in [-0.3, -0.25) is 10.1 Å². The summed E-state index contributed by atoms with van der Waals surface area (Å²) in [5, 5.41) is 13.6. The van der Waals surface area contributed by atoms with E-state index in [2.05, 4.69) is 5.32 Å². The van der Waals surface area contributed by atoms with Gasteiger partial charge in [-0.25, -0.2) is 8.42 Å². The zero-order valence-corrected chi connectivity index (χ0v) is 12.3. The molecule has 0 radical (unpaired) electrons. The van der Waals surface area contributed by atoms with Crippen LogP contribution in [0.2, 0.25) is 0 Å². The van der Waals surface area contributed by atoms with Crippen LogP contribution >= 0.6 is 0 Å². The van der Waals surface area contributed by atoms with E-state index in [1.807, 2.05) is 0 Å². The van der Waals surface area contributed by atoms with Gasteiger partial charge in [0, 0.05) is 30.5 Å². The van der Waals surface area contributed by atoms with E-state index in [0.717, 1.165) is 0 Å². The van der Waals surface area contributed by atoms with Gasteiger partial charge in [0.25, 0.3) is 5.69 Å². The molecule has 0 spiro atoms. The van der Waals surface area contributed by atoms with Gasteiger partial charge < -0.3 is 10.1 Å². The fourth-order valence-corrected chi connectivity index (χ4v) is 2.29. The molecule has 1 rings (SSSR count). The summed E-state index contributed by atoms with van der Waals surface area (Å²) in [5.74, 6) is 0.583. The SMILES string of the molecule is CNCc1cc([N+](=O)[O-])ccc1OCCCS(C)(=O)=O. The summed E-state index contributed by atoms with van der Waals surface area (Å²) in [5.41, 5.74) is 0.666. The standard InChI is InChI=1S/C12H18N2O5S/c1-13-9-10-8-11(14(15)16)4-5-12(10)19-6-3-7-20(2,17)18/h4-5,8,13H,3,6-7,9H2,1-2H3. The minimum Gasteiger partial charge on any atom is -0.493 e. The Morgan fingerprint density at radius 2 is 2.10 bits per heavy atom. The fraction of sp³-hybridized carbons (Fsp3) is 0.500. The van der Waals surface area contributed by atoms with E-state index in [4.69, 9.17) is 4.74 Å². The van der Waals surface area contributed by atoms with Crippen molar-refractivity contribution in [2.24, 2.45) is 0 Å². The Morgan fingerprint density at radius 3 is 2.65 bits per heavy atom. The summed E-state index contributed by atoms with van der Waals surface area (Å²) in [4.78, 5) is 10.3.